The third kappa shape index (κ3) is 6.09. The molecule has 0 aliphatic rings. The molecular formula is C28H24ClIN2O4. The Balaban J connectivity index is 1.51. The van der Waals surface area contributed by atoms with E-state index in [9.17, 15) is 4.79 Å². The van der Waals surface area contributed by atoms with Gasteiger partial charge in [-0.2, -0.15) is 5.10 Å². The fourth-order valence-corrected chi connectivity index (χ4v) is 4.59. The predicted octanol–water partition coefficient (Wildman–Crippen LogP) is 6.85. The molecule has 0 atom stereocenters. The molecule has 0 aliphatic carbocycles. The molecular weight excluding hydrogens is 591 g/mol. The standard InChI is InChI=1S/C28H24ClIN2O4/c1-3-35-26-13-18(12-24(30)27(26)36-17-21-10-6-7-11-23(21)29)16-31-32-28(33)22-14-19-8-4-5-9-20(19)15-25(22)34-2/h4-16H,3,17H2,1-2H3,(H,32,33)/b31-16-. The van der Waals surface area contributed by atoms with Gasteiger partial charge in [-0.1, -0.05) is 54.1 Å². The molecule has 0 aliphatic heterocycles. The van der Waals surface area contributed by atoms with Gasteiger partial charge >= 0.3 is 0 Å². The lowest BCUT2D eigenvalue weighted by Gasteiger charge is -2.15. The van der Waals surface area contributed by atoms with E-state index in [0.29, 0.717) is 41.0 Å². The molecule has 0 bridgehead atoms. The van der Waals surface area contributed by atoms with Crippen molar-refractivity contribution in [1.29, 1.82) is 0 Å². The van der Waals surface area contributed by atoms with Gasteiger partial charge in [-0.3, -0.25) is 4.79 Å². The van der Waals surface area contributed by atoms with E-state index >= 15 is 0 Å². The number of ether oxygens (including phenoxy) is 3. The van der Waals surface area contributed by atoms with Crippen LogP contribution in [0.25, 0.3) is 10.8 Å². The Labute approximate surface area is 228 Å². The highest BCUT2D eigenvalue weighted by Gasteiger charge is 2.15. The number of hydrogen-bond acceptors (Lipinski definition) is 5. The molecule has 4 aromatic carbocycles. The number of benzene rings is 4. The summed E-state index contributed by atoms with van der Waals surface area (Å²) in [6.45, 7) is 2.69. The van der Waals surface area contributed by atoms with Crippen molar-refractivity contribution in [2.24, 2.45) is 5.10 Å². The lowest BCUT2D eigenvalue weighted by Crippen LogP contribution is -2.18. The van der Waals surface area contributed by atoms with Crippen LogP contribution in [-0.4, -0.2) is 25.8 Å². The number of amides is 1. The van der Waals surface area contributed by atoms with Crippen molar-refractivity contribution in [1.82, 2.24) is 5.43 Å². The monoisotopic (exact) mass is 614 g/mol. The first-order valence-electron chi connectivity index (χ1n) is 11.2. The Morgan fingerprint density at radius 3 is 2.44 bits per heavy atom. The number of halogens is 2. The summed E-state index contributed by atoms with van der Waals surface area (Å²) in [4.78, 5) is 12.8. The molecule has 0 saturated carbocycles. The summed E-state index contributed by atoms with van der Waals surface area (Å²) >= 11 is 8.45. The maximum absolute atomic E-state index is 12.8. The van der Waals surface area contributed by atoms with Crippen LogP contribution >= 0.6 is 34.2 Å². The molecule has 4 rings (SSSR count). The van der Waals surface area contributed by atoms with Gasteiger partial charge < -0.3 is 14.2 Å². The van der Waals surface area contributed by atoms with E-state index < -0.39 is 0 Å². The van der Waals surface area contributed by atoms with Crippen molar-refractivity contribution in [3.63, 3.8) is 0 Å². The summed E-state index contributed by atoms with van der Waals surface area (Å²) in [6.07, 6.45) is 1.56. The first kappa shape index (κ1) is 25.8. The fourth-order valence-electron chi connectivity index (χ4n) is 3.62. The van der Waals surface area contributed by atoms with Gasteiger partial charge in [-0.15, -0.1) is 0 Å². The minimum atomic E-state index is -0.367. The van der Waals surface area contributed by atoms with E-state index in [1.54, 1.807) is 12.3 Å². The zero-order valence-electron chi connectivity index (χ0n) is 19.8. The van der Waals surface area contributed by atoms with Crippen LogP contribution < -0.4 is 19.6 Å². The Morgan fingerprint density at radius 1 is 1.00 bits per heavy atom. The molecule has 0 fully saturated rings. The molecule has 36 heavy (non-hydrogen) atoms. The zero-order valence-corrected chi connectivity index (χ0v) is 22.7. The molecule has 1 N–H and O–H groups in total. The van der Waals surface area contributed by atoms with Gasteiger partial charge in [0.25, 0.3) is 5.91 Å². The summed E-state index contributed by atoms with van der Waals surface area (Å²) in [7, 11) is 1.54. The highest BCUT2D eigenvalue weighted by molar-refractivity contribution is 14.1. The summed E-state index contributed by atoms with van der Waals surface area (Å²) in [6, 6.07) is 22.7. The number of rotatable bonds is 9. The normalized spacial score (nSPS) is 11.0. The lowest BCUT2D eigenvalue weighted by atomic mass is 10.1. The third-order valence-electron chi connectivity index (χ3n) is 5.35. The van der Waals surface area contributed by atoms with Crippen molar-refractivity contribution in [2.45, 2.75) is 13.5 Å². The molecule has 0 unspecified atom stereocenters. The van der Waals surface area contributed by atoms with Crippen LogP contribution in [0.15, 0.2) is 77.9 Å². The zero-order chi connectivity index (χ0) is 25.5. The topological polar surface area (TPSA) is 69.2 Å². The molecule has 0 spiro atoms. The number of carbonyl (C=O) groups is 1. The van der Waals surface area contributed by atoms with Gasteiger partial charge in [0.2, 0.25) is 0 Å². The Morgan fingerprint density at radius 2 is 1.72 bits per heavy atom. The van der Waals surface area contributed by atoms with E-state index in [2.05, 4.69) is 33.1 Å². The Kier molecular flexibility index (Phi) is 8.66. The van der Waals surface area contributed by atoms with Gasteiger partial charge in [-0.25, -0.2) is 5.43 Å². The number of carbonyl (C=O) groups excluding carboxylic acids is 1. The second kappa shape index (κ2) is 12.1. The molecule has 184 valence electrons. The van der Waals surface area contributed by atoms with Crippen molar-refractivity contribution in [2.75, 3.05) is 13.7 Å². The van der Waals surface area contributed by atoms with Gasteiger partial charge in [0, 0.05) is 10.6 Å². The number of hydrazone groups is 1. The molecule has 1 amide bonds. The smallest absolute Gasteiger partial charge is 0.275 e. The van der Waals surface area contributed by atoms with Crippen LogP contribution in [0.3, 0.4) is 0 Å². The number of methoxy groups -OCH3 is 1. The quantitative estimate of drug-likeness (QED) is 0.127. The van der Waals surface area contributed by atoms with Gasteiger partial charge in [0.15, 0.2) is 11.5 Å². The minimum Gasteiger partial charge on any atom is -0.496 e. The van der Waals surface area contributed by atoms with Crippen molar-refractivity contribution in [3.05, 3.63) is 98.1 Å². The summed E-state index contributed by atoms with van der Waals surface area (Å²) in [5.41, 5.74) is 4.62. The van der Waals surface area contributed by atoms with E-state index in [0.717, 1.165) is 25.5 Å². The summed E-state index contributed by atoms with van der Waals surface area (Å²) < 4.78 is 18.1. The maximum atomic E-state index is 12.8. The van der Waals surface area contributed by atoms with E-state index in [1.807, 2.05) is 73.7 Å². The first-order valence-corrected chi connectivity index (χ1v) is 12.7. The number of nitrogens with one attached hydrogen (secondary N) is 1. The van der Waals surface area contributed by atoms with Crippen LogP contribution in [0.5, 0.6) is 17.2 Å². The van der Waals surface area contributed by atoms with Crippen LogP contribution in [0.2, 0.25) is 5.02 Å². The van der Waals surface area contributed by atoms with Crippen LogP contribution in [0, 0.1) is 3.57 Å². The first-order chi connectivity index (χ1) is 17.5. The van der Waals surface area contributed by atoms with E-state index in [1.165, 1.54) is 7.11 Å². The molecule has 0 heterocycles. The SMILES string of the molecule is CCOc1cc(/C=N\NC(=O)c2cc3ccccc3cc2OC)cc(I)c1OCc1ccccc1Cl. The summed E-state index contributed by atoms with van der Waals surface area (Å²) in [5.74, 6) is 1.32. The molecule has 6 nitrogen and oxygen atoms in total. The highest BCUT2D eigenvalue weighted by Crippen LogP contribution is 2.35. The number of hydrogen-bond donors (Lipinski definition) is 1. The molecule has 4 aromatic rings. The fraction of sp³-hybridized carbons (Fsp3) is 0.143. The average molecular weight is 615 g/mol. The van der Waals surface area contributed by atoms with Crippen molar-refractivity contribution in [3.8, 4) is 17.2 Å². The maximum Gasteiger partial charge on any atom is 0.275 e. The van der Waals surface area contributed by atoms with Gasteiger partial charge in [0.05, 0.1) is 29.1 Å². The Hall–Kier alpha value is -3.30. The minimum absolute atomic E-state index is 0.312. The molecule has 0 saturated heterocycles. The van der Waals surface area contributed by atoms with Crippen molar-refractivity contribution >= 4 is 57.1 Å². The third-order valence-corrected chi connectivity index (χ3v) is 6.52. The second-order valence-electron chi connectivity index (χ2n) is 7.74. The van der Waals surface area contributed by atoms with E-state index in [4.69, 9.17) is 25.8 Å². The Bertz CT molecular complexity index is 1420. The van der Waals surface area contributed by atoms with Crippen LogP contribution in [-0.2, 0) is 6.61 Å². The molecule has 0 aromatic heterocycles. The average Bonchev–Trinajstić information content (AvgIpc) is 2.88. The van der Waals surface area contributed by atoms with Crippen LogP contribution in [0.4, 0.5) is 0 Å². The summed E-state index contributed by atoms with van der Waals surface area (Å²) in [5, 5.41) is 6.73. The highest BCUT2D eigenvalue weighted by atomic mass is 127. The molecule has 8 heteroatoms. The van der Waals surface area contributed by atoms with E-state index in [-0.39, 0.29) is 5.91 Å². The molecule has 0 radical (unpaired) electrons. The van der Waals surface area contributed by atoms with Gasteiger partial charge in [0.1, 0.15) is 12.4 Å². The number of nitrogens with zero attached hydrogens (tertiary/aromatic N) is 1. The predicted molar refractivity (Wildman–Crippen MR) is 152 cm³/mol. The number of fused-ring (bicyclic) bond motifs is 1. The van der Waals surface area contributed by atoms with Gasteiger partial charge in [-0.05, 0) is 76.2 Å². The lowest BCUT2D eigenvalue weighted by molar-refractivity contribution is 0.0952. The van der Waals surface area contributed by atoms with Crippen molar-refractivity contribution < 1.29 is 19.0 Å². The second-order valence-corrected chi connectivity index (χ2v) is 9.31. The largest absolute Gasteiger partial charge is 0.496 e. The van der Waals surface area contributed by atoms with Crippen LogP contribution in [0.1, 0.15) is 28.4 Å².